The first-order valence-electron chi connectivity index (χ1n) is 5.16. The summed E-state index contributed by atoms with van der Waals surface area (Å²) < 4.78 is 5.12. The van der Waals surface area contributed by atoms with Crippen molar-refractivity contribution in [3.63, 3.8) is 0 Å². The molecule has 14 heavy (non-hydrogen) atoms. The minimum atomic E-state index is -0.526. The van der Waals surface area contributed by atoms with Gasteiger partial charge in [0, 0.05) is 12.1 Å². The van der Waals surface area contributed by atoms with Gasteiger partial charge in [0.1, 0.15) is 11.9 Å². The van der Waals surface area contributed by atoms with Crippen LogP contribution in [0.5, 0.6) is 0 Å². The fourth-order valence-electron chi connectivity index (χ4n) is 1.81. The third kappa shape index (κ3) is 1.99. The maximum atomic E-state index is 9.74. The minimum Gasteiger partial charge on any atom is -0.467 e. The van der Waals surface area contributed by atoms with Gasteiger partial charge in [-0.3, -0.25) is 0 Å². The van der Waals surface area contributed by atoms with Gasteiger partial charge < -0.3 is 14.8 Å². The van der Waals surface area contributed by atoms with Crippen molar-refractivity contribution in [2.45, 2.75) is 37.8 Å². The van der Waals surface area contributed by atoms with Crippen molar-refractivity contribution < 1.29 is 9.52 Å². The number of hydrogen-bond acceptors (Lipinski definition) is 3. The summed E-state index contributed by atoms with van der Waals surface area (Å²) in [5, 5.41) is 13.1. The highest BCUT2D eigenvalue weighted by molar-refractivity contribution is 5.03. The Labute approximate surface area is 84.1 Å². The van der Waals surface area contributed by atoms with Crippen LogP contribution in [-0.2, 0) is 0 Å². The normalized spacial score (nSPS) is 21.6. The first-order valence-corrected chi connectivity index (χ1v) is 5.16. The molecule has 0 bridgehead atoms. The second-order valence-electron chi connectivity index (χ2n) is 4.33. The van der Waals surface area contributed by atoms with Gasteiger partial charge in [-0.2, -0.15) is 0 Å². The third-order valence-electron chi connectivity index (χ3n) is 3.05. The zero-order valence-electron chi connectivity index (χ0n) is 8.49. The molecule has 0 aliphatic heterocycles. The predicted molar refractivity (Wildman–Crippen MR) is 53.9 cm³/mol. The molecule has 3 nitrogen and oxygen atoms in total. The lowest BCUT2D eigenvalue weighted by atomic mass is 9.78. The van der Waals surface area contributed by atoms with Crippen molar-refractivity contribution in [1.82, 2.24) is 5.32 Å². The van der Waals surface area contributed by atoms with Gasteiger partial charge in [-0.1, -0.05) is 0 Å². The zero-order valence-corrected chi connectivity index (χ0v) is 8.49. The second kappa shape index (κ2) is 3.75. The average molecular weight is 195 g/mol. The Bertz CT molecular complexity index is 277. The highest BCUT2D eigenvalue weighted by atomic mass is 16.4. The van der Waals surface area contributed by atoms with Crippen LogP contribution in [0.25, 0.3) is 0 Å². The quantitative estimate of drug-likeness (QED) is 0.770. The molecular weight excluding hydrogens is 178 g/mol. The highest BCUT2D eigenvalue weighted by Crippen LogP contribution is 2.31. The van der Waals surface area contributed by atoms with Crippen molar-refractivity contribution in [3.05, 3.63) is 24.2 Å². The SMILES string of the molecule is CC1(NCC(O)c2ccco2)CCC1. The number of aliphatic hydroxyl groups is 1. The van der Waals surface area contributed by atoms with Gasteiger partial charge in [0.15, 0.2) is 0 Å². The van der Waals surface area contributed by atoms with E-state index >= 15 is 0 Å². The van der Waals surface area contributed by atoms with E-state index in [4.69, 9.17) is 4.42 Å². The molecule has 1 aromatic rings. The molecule has 1 aliphatic carbocycles. The predicted octanol–water partition coefficient (Wildman–Crippen LogP) is 1.85. The largest absolute Gasteiger partial charge is 0.467 e. The molecule has 0 amide bonds. The smallest absolute Gasteiger partial charge is 0.133 e. The minimum absolute atomic E-state index is 0.244. The lowest BCUT2D eigenvalue weighted by Gasteiger charge is -2.39. The van der Waals surface area contributed by atoms with E-state index in [1.807, 2.05) is 0 Å². The molecule has 1 atom stereocenters. The monoisotopic (exact) mass is 195 g/mol. The number of aliphatic hydroxyl groups excluding tert-OH is 1. The first-order chi connectivity index (χ1) is 6.70. The second-order valence-corrected chi connectivity index (χ2v) is 4.33. The Morgan fingerprint density at radius 3 is 2.93 bits per heavy atom. The van der Waals surface area contributed by atoms with Crippen LogP contribution >= 0.6 is 0 Å². The van der Waals surface area contributed by atoms with Crippen molar-refractivity contribution in [2.24, 2.45) is 0 Å². The van der Waals surface area contributed by atoms with Gasteiger partial charge in [0.25, 0.3) is 0 Å². The summed E-state index contributed by atoms with van der Waals surface area (Å²) in [6.45, 7) is 2.77. The van der Waals surface area contributed by atoms with Crippen LogP contribution in [0.15, 0.2) is 22.8 Å². The van der Waals surface area contributed by atoms with Crippen LogP contribution in [0.2, 0.25) is 0 Å². The fraction of sp³-hybridized carbons (Fsp3) is 0.636. The topological polar surface area (TPSA) is 45.4 Å². The average Bonchev–Trinajstić information content (AvgIpc) is 2.63. The summed E-state index contributed by atoms with van der Waals surface area (Å²) in [6.07, 6.45) is 4.77. The molecule has 0 saturated heterocycles. The van der Waals surface area contributed by atoms with Crippen LogP contribution in [0.3, 0.4) is 0 Å². The molecule has 0 aromatic carbocycles. The van der Waals surface area contributed by atoms with E-state index in [-0.39, 0.29) is 5.54 Å². The van der Waals surface area contributed by atoms with Crippen LogP contribution in [-0.4, -0.2) is 17.2 Å². The lowest BCUT2D eigenvalue weighted by molar-refractivity contribution is 0.115. The molecule has 1 saturated carbocycles. The molecule has 1 aromatic heterocycles. The molecule has 0 radical (unpaired) electrons. The zero-order chi connectivity index (χ0) is 10.0. The summed E-state index contributed by atoms with van der Waals surface area (Å²) in [7, 11) is 0. The van der Waals surface area contributed by atoms with Crippen LogP contribution in [0.1, 0.15) is 38.1 Å². The Morgan fingerprint density at radius 2 is 2.43 bits per heavy atom. The van der Waals surface area contributed by atoms with E-state index in [1.165, 1.54) is 19.3 Å². The Balaban J connectivity index is 1.80. The number of β-amino-alcohol motifs (C(OH)–C–C–N with tert-alkyl or cyclic N) is 1. The van der Waals surface area contributed by atoms with Crippen molar-refractivity contribution >= 4 is 0 Å². The number of nitrogens with one attached hydrogen (secondary N) is 1. The number of furan rings is 1. The summed E-state index contributed by atoms with van der Waals surface area (Å²) >= 11 is 0. The van der Waals surface area contributed by atoms with E-state index < -0.39 is 6.10 Å². The van der Waals surface area contributed by atoms with Crippen molar-refractivity contribution in [1.29, 1.82) is 0 Å². The Hall–Kier alpha value is -0.800. The van der Waals surface area contributed by atoms with E-state index in [0.29, 0.717) is 12.3 Å². The van der Waals surface area contributed by atoms with Gasteiger partial charge >= 0.3 is 0 Å². The fourth-order valence-corrected chi connectivity index (χ4v) is 1.81. The van der Waals surface area contributed by atoms with Crippen LogP contribution in [0.4, 0.5) is 0 Å². The van der Waals surface area contributed by atoms with Gasteiger partial charge in [0.2, 0.25) is 0 Å². The van der Waals surface area contributed by atoms with E-state index in [2.05, 4.69) is 12.2 Å². The maximum Gasteiger partial charge on any atom is 0.133 e. The molecule has 2 N–H and O–H groups in total. The van der Waals surface area contributed by atoms with Crippen molar-refractivity contribution in [2.75, 3.05) is 6.54 Å². The molecule has 1 aliphatic rings. The summed E-state index contributed by atoms with van der Waals surface area (Å²) in [4.78, 5) is 0. The molecule has 1 heterocycles. The molecule has 2 rings (SSSR count). The number of hydrogen-bond donors (Lipinski definition) is 2. The first kappa shape index (κ1) is 9.74. The number of rotatable bonds is 4. The van der Waals surface area contributed by atoms with Gasteiger partial charge in [-0.05, 0) is 38.3 Å². The van der Waals surface area contributed by atoms with Gasteiger partial charge in [-0.15, -0.1) is 0 Å². The Kier molecular flexibility index (Phi) is 2.61. The molecule has 0 spiro atoms. The Morgan fingerprint density at radius 1 is 1.64 bits per heavy atom. The standard InChI is InChI=1S/C11H17NO2/c1-11(5-3-6-11)12-8-9(13)10-4-2-7-14-10/h2,4,7,9,12-13H,3,5-6,8H2,1H3. The summed E-state index contributed by atoms with van der Waals surface area (Å²) in [5.41, 5.74) is 0.244. The maximum absolute atomic E-state index is 9.74. The molecule has 1 fully saturated rings. The van der Waals surface area contributed by atoms with Crippen LogP contribution < -0.4 is 5.32 Å². The van der Waals surface area contributed by atoms with Crippen LogP contribution in [0, 0.1) is 0 Å². The lowest BCUT2D eigenvalue weighted by Crippen LogP contribution is -2.49. The van der Waals surface area contributed by atoms with Gasteiger partial charge in [0.05, 0.1) is 6.26 Å². The van der Waals surface area contributed by atoms with Gasteiger partial charge in [-0.25, -0.2) is 0 Å². The molecule has 78 valence electrons. The van der Waals surface area contributed by atoms with E-state index in [0.717, 1.165) is 0 Å². The van der Waals surface area contributed by atoms with E-state index in [9.17, 15) is 5.11 Å². The molecule has 3 heteroatoms. The van der Waals surface area contributed by atoms with Crippen molar-refractivity contribution in [3.8, 4) is 0 Å². The third-order valence-corrected chi connectivity index (χ3v) is 3.05. The molecular formula is C11H17NO2. The molecule has 1 unspecified atom stereocenters. The summed E-state index contributed by atoms with van der Waals surface area (Å²) in [6, 6.07) is 3.60. The highest BCUT2D eigenvalue weighted by Gasteiger charge is 2.31. The van der Waals surface area contributed by atoms with E-state index in [1.54, 1.807) is 18.4 Å². The summed E-state index contributed by atoms with van der Waals surface area (Å²) in [5.74, 6) is 0.639.